The molecule has 0 saturated carbocycles. The van der Waals surface area contributed by atoms with Gasteiger partial charge in [0.05, 0.1) is 18.2 Å². The van der Waals surface area contributed by atoms with E-state index < -0.39 is 17.7 Å². The topological polar surface area (TPSA) is 73.9 Å². The highest BCUT2D eigenvalue weighted by Crippen LogP contribution is 2.28. The molecule has 0 atom stereocenters. The molecule has 8 heteroatoms. The number of amides is 1. The Balaban J connectivity index is 1.90. The lowest BCUT2D eigenvalue weighted by molar-refractivity contribution is -0.143. The molecule has 1 amide bonds. The zero-order valence-corrected chi connectivity index (χ0v) is 16.3. The Morgan fingerprint density at radius 2 is 1.75 bits per heavy atom. The van der Waals surface area contributed by atoms with Gasteiger partial charge in [-0.1, -0.05) is 17.7 Å². The van der Waals surface area contributed by atoms with Crippen LogP contribution in [0.15, 0.2) is 36.4 Å². The maximum atomic E-state index is 13.0. The number of esters is 1. The number of ether oxygens (including phenoxy) is 3. The highest BCUT2D eigenvalue weighted by molar-refractivity contribution is 6.31. The van der Waals surface area contributed by atoms with Crippen molar-refractivity contribution in [2.75, 3.05) is 19.8 Å². The summed E-state index contributed by atoms with van der Waals surface area (Å²) in [6, 6.07) is 8.55. The third kappa shape index (κ3) is 6.13. The van der Waals surface area contributed by atoms with Crippen LogP contribution in [0.4, 0.5) is 4.39 Å². The lowest BCUT2D eigenvalue weighted by Gasteiger charge is -2.12. The van der Waals surface area contributed by atoms with E-state index >= 15 is 0 Å². The van der Waals surface area contributed by atoms with Crippen LogP contribution in [0.25, 0.3) is 0 Å². The van der Waals surface area contributed by atoms with E-state index in [1.807, 2.05) is 13.8 Å². The van der Waals surface area contributed by atoms with Gasteiger partial charge in [-0.15, -0.1) is 0 Å². The maximum absolute atomic E-state index is 13.0. The largest absolute Gasteiger partial charge is 0.490 e. The summed E-state index contributed by atoms with van der Waals surface area (Å²) in [7, 11) is 0. The van der Waals surface area contributed by atoms with Crippen molar-refractivity contribution < 1.29 is 28.2 Å². The minimum atomic E-state index is -0.648. The molecule has 1 N–H and O–H groups in total. The van der Waals surface area contributed by atoms with Crippen molar-refractivity contribution >= 4 is 23.5 Å². The van der Waals surface area contributed by atoms with Crippen LogP contribution in [0.1, 0.15) is 29.8 Å². The molecule has 0 spiro atoms. The molecule has 0 saturated heterocycles. The number of halogens is 2. The van der Waals surface area contributed by atoms with E-state index in [1.54, 1.807) is 18.2 Å². The standard InChI is InChI=1S/C20H21ClFNO5/c1-3-26-17-8-6-13(9-18(17)27-4-2)20(25)23-11-19(24)28-12-14-5-7-15(22)10-16(14)21/h5-10H,3-4,11-12H2,1-2H3,(H,23,25). The number of benzene rings is 2. The van der Waals surface area contributed by atoms with Crippen LogP contribution < -0.4 is 14.8 Å². The lowest BCUT2D eigenvalue weighted by Crippen LogP contribution is -2.30. The normalized spacial score (nSPS) is 10.3. The van der Waals surface area contributed by atoms with E-state index in [-0.39, 0.29) is 18.2 Å². The van der Waals surface area contributed by atoms with Gasteiger partial charge in [-0.3, -0.25) is 9.59 Å². The van der Waals surface area contributed by atoms with Crippen molar-refractivity contribution in [3.63, 3.8) is 0 Å². The summed E-state index contributed by atoms with van der Waals surface area (Å²) in [6.45, 7) is 4.12. The average Bonchev–Trinajstić information content (AvgIpc) is 2.67. The molecule has 2 rings (SSSR count). The Morgan fingerprint density at radius 1 is 1.04 bits per heavy atom. The van der Waals surface area contributed by atoms with Gasteiger partial charge in [0, 0.05) is 11.1 Å². The fourth-order valence-electron chi connectivity index (χ4n) is 2.29. The molecule has 0 radical (unpaired) electrons. The first-order chi connectivity index (χ1) is 13.4. The third-order valence-electron chi connectivity index (χ3n) is 3.60. The monoisotopic (exact) mass is 409 g/mol. The minimum Gasteiger partial charge on any atom is -0.490 e. The SMILES string of the molecule is CCOc1ccc(C(=O)NCC(=O)OCc2ccc(F)cc2Cl)cc1OCC. The zero-order chi connectivity index (χ0) is 20.5. The Morgan fingerprint density at radius 3 is 2.43 bits per heavy atom. The van der Waals surface area contributed by atoms with E-state index in [4.69, 9.17) is 25.8 Å². The van der Waals surface area contributed by atoms with Crippen molar-refractivity contribution in [3.05, 3.63) is 58.4 Å². The van der Waals surface area contributed by atoms with Crippen LogP contribution in [0, 0.1) is 5.82 Å². The quantitative estimate of drug-likeness (QED) is 0.638. The number of rotatable bonds is 9. The van der Waals surface area contributed by atoms with Gasteiger partial charge in [0.15, 0.2) is 11.5 Å². The van der Waals surface area contributed by atoms with Gasteiger partial charge in [-0.05, 0) is 44.2 Å². The first-order valence-electron chi connectivity index (χ1n) is 8.72. The first-order valence-corrected chi connectivity index (χ1v) is 9.09. The smallest absolute Gasteiger partial charge is 0.325 e. The van der Waals surface area contributed by atoms with Gasteiger partial charge in [0.2, 0.25) is 0 Å². The van der Waals surface area contributed by atoms with E-state index in [0.29, 0.717) is 35.8 Å². The lowest BCUT2D eigenvalue weighted by atomic mass is 10.2. The number of carbonyl (C=O) groups is 2. The molecule has 28 heavy (non-hydrogen) atoms. The van der Waals surface area contributed by atoms with Gasteiger partial charge < -0.3 is 19.5 Å². The van der Waals surface area contributed by atoms with Gasteiger partial charge in [0.25, 0.3) is 5.91 Å². The van der Waals surface area contributed by atoms with Gasteiger partial charge in [-0.2, -0.15) is 0 Å². The Bertz CT molecular complexity index is 843. The summed E-state index contributed by atoms with van der Waals surface area (Å²) in [5, 5.41) is 2.64. The van der Waals surface area contributed by atoms with E-state index in [9.17, 15) is 14.0 Å². The summed E-state index contributed by atoms with van der Waals surface area (Å²) >= 11 is 5.87. The van der Waals surface area contributed by atoms with Crippen molar-refractivity contribution in [3.8, 4) is 11.5 Å². The molecule has 2 aromatic rings. The van der Waals surface area contributed by atoms with E-state index in [0.717, 1.165) is 6.07 Å². The molecule has 6 nitrogen and oxygen atoms in total. The number of nitrogens with one attached hydrogen (secondary N) is 1. The average molecular weight is 410 g/mol. The second kappa shape index (κ2) is 10.5. The predicted molar refractivity (Wildman–Crippen MR) is 102 cm³/mol. The third-order valence-corrected chi connectivity index (χ3v) is 3.95. The Hall–Kier alpha value is -2.80. The molecule has 2 aromatic carbocycles. The summed E-state index contributed by atoms with van der Waals surface area (Å²) in [4.78, 5) is 24.1. The molecule has 0 aliphatic rings. The molecule has 0 heterocycles. The molecule has 0 fully saturated rings. The van der Waals surface area contributed by atoms with Gasteiger partial charge >= 0.3 is 5.97 Å². The van der Waals surface area contributed by atoms with Crippen molar-refractivity contribution in [2.45, 2.75) is 20.5 Å². The summed E-state index contributed by atoms with van der Waals surface area (Å²) in [5.41, 5.74) is 0.789. The van der Waals surface area contributed by atoms with Crippen molar-refractivity contribution in [1.29, 1.82) is 0 Å². The van der Waals surface area contributed by atoms with Crippen molar-refractivity contribution in [2.24, 2.45) is 0 Å². The fourth-order valence-corrected chi connectivity index (χ4v) is 2.52. The Labute approximate surface area is 167 Å². The molecular formula is C20H21ClFNO5. The van der Waals surface area contributed by atoms with Crippen LogP contribution in [0.3, 0.4) is 0 Å². The number of hydrogen-bond acceptors (Lipinski definition) is 5. The molecular weight excluding hydrogens is 389 g/mol. The van der Waals surface area contributed by atoms with Crippen LogP contribution in [-0.4, -0.2) is 31.6 Å². The summed E-state index contributed by atoms with van der Waals surface area (Å²) in [5.74, 6) is -0.596. The predicted octanol–water partition coefficient (Wildman–Crippen LogP) is 3.75. The Kier molecular flexibility index (Phi) is 8.07. The summed E-state index contributed by atoms with van der Waals surface area (Å²) < 4.78 is 29.0. The zero-order valence-electron chi connectivity index (χ0n) is 15.6. The molecule has 0 aliphatic heterocycles. The second-order valence-corrected chi connectivity index (χ2v) is 6.01. The summed E-state index contributed by atoms with van der Waals surface area (Å²) in [6.07, 6.45) is 0. The van der Waals surface area contributed by atoms with Crippen molar-refractivity contribution in [1.82, 2.24) is 5.32 Å². The molecule has 0 aliphatic carbocycles. The van der Waals surface area contributed by atoms with Crippen LogP contribution in [0.2, 0.25) is 5.02 Å². The number of hydrogen-bond donors (Lipinski definition) is 1. The van der Waals surface area contributed by atoms with Crippen LogP contribution in [0.5, 0.6) is 11.5 Å². The number of carbonyl (C=O) groups excluding carboxylic acids is 2. The molecule has 150 valence electrons. The first kappa shape index (κ1) is 21.5. The highest BCUT2D eigenvalue weighted by Gasteiger charge is 2.13. The second-order valence-electron chi connectivity index (χ2n) is 5.61. The van der Waals surface area contributed by atoms with Gasteiger partial charge in [-0.25, -0.2) is 4.39 Å². The molecule has 0 aromatic heterocycles. The molecule has 0 bridgehead atoms. The molecule has 0 unspecified atom stereocenters. The maximum Gasteiger partial charge on any atom is 0.325 e. The van der Waals surface area contributed by atoms with E-state index in [2.05, 4.69) is 5.32 Å². The van der Waals surface area contributed by atoms with Gasteiger partial charge in [0.1, 0.15) is 19.0 Å². The fraction of sp³-hybridized carbons (Fsp3) is 0.300. The van der Waals surface area contributed by atoms with Crippen LogP contribution >= 0.6 is 11.6 Å². The van der Waals surface area contributed by atoms with E-state index in [1.165, 1.54) is 12.1 Å². The van der Waals surface area contributed by atoms with Crippen LogP contribution in [-0.2, 0) is 16.1 Å². The minimum absolute atomic E-state index is 0.120. The highest BCUT2D eigenvalue weighted by atomic mass is 35.5.